The highest BCUT2D eigenvalue weighted by Crippen LogP contribution is 2.12. The molecule has 0 aromatic carbocycles. The van der Waals surface area contributed by atoms with E-state index in [1.54, 1.807) is 20.8 Å². The van der Waals surface area contributed by atoms with Crippen LogP contribution in [-0.4, -0.2) is 40.3 Å². The van der Waals surface area contributed by atoms with Crippen molar-refractivity contribution in [2.45, 2.75) is 39.3 Å². The molecule has 1 atom stereocenters. The standard InChI is InChI=1S/C11H19NO4/c1-6-7-12(8(2)9(13)14)10(15)16-11(3,4)5/h6,8H,1,7H2,2-5H3,(H,13,14)/t8-/m0/s1. The average molecular weight is 229 g/mol. The molecule has 0 radical (unpaired) electrons. The van der Waals surface area contributed by atoms with Gasteiger partial charge >= 0.3 is 12.1 Å². The van der Waals surface area contributed by atoms with E-state index in [9.17, 15) is 9.59 Å². The number of amides is 1. The van der Waals surface area contributed by atoms with Gasteiger partial charge in [-0.3, -0.25) is 4.90 Å². The summed E-state index contributed by atoms with van der Waals surface area (Å²) >= 11 is 0. The molecular weight excluding hydrogens is 210 g/mol. The van der Waals surface area contributed by atoms with Crippen molar-refractivity contribution in [3.05, 3.63) is 12.7 Å². The molecule has 0 unspecified atom stereocenters. The van der Waals surface area contributed by atoms with E-state index in [0.29, 0.717) is 0 Å². The van der Waals surface area contributed by atoms with Crippen LogP contribution < -0.4 is 0 Å². The number of carbonyl (C=O) groups excluding carboxylic acids is 1. The summed E-state index contributed by atoms with van der Waals surface area (Å²) in [5.41, 5.74) is -0.644. The van der Waals surface area contributed by atoms with Crippen molar-refractivity contribution in [2.24, 2.45) is 0 Å². The maximum absolute atomic E-state index is 11.7. The zero-order valence-corrected chi connectivity index (χ0v) is 10.2. The van der Waals surface area contributed by atoms with Crippen LogP contribution in [-0.2, 0) is 9.53 Å². The quantitative estimate of drug-likeness (QED) is 0.747. The molecule has 0 aliphatic rings. The zero-order chi connectivity index (χ0) is 12.9. The van der Waals surface area contributed by atoms with E-state index in [0.717, 1.165) is 4.90 Å². The molecule has 0 heterocycles. The SMILES string of the molecule is C=CCN(C(=O)OC(C)(C)C)[C@@H](C)C(=O)O. The van der Waals surface area contributed by atoms with Gasteiger partial charge in [-0.2, -0.15) is 0 Å². The summed E-state index contributed by atoms with van der Waals surface area (Å²) in [7, 11) is 0. The van der Waals surface area contributed by atoms with Gasteiger partial charge in [0, 0.05) is 6.54 Å². The van der Waals surface area contributed by atoms with Gasteiger partial charge in [-0.15, -0.1) is 6.58 Å². The first-order valence-corrected chi connectivity index (χ1v) is 5.02. The second kappa shape index (κ2) is 5.53. The molecule has 0 spiro atoms. The maximum atomic E-state index is 11.7. The number of hydrogen-bond acceptors (Lipinski definition) is 3. The third-order valence-electron chi connectivity index (χ3n) is 1.78. The lowest BCUT2D eigenvalue weighted by molar-refractivity contribution is -0.142. The van der Waals surface area contributed by atoms with Crippen molar-refractivity contribution in [2.75, 3.05) is 6.54 Å². The number of nitrogens with zero attached hydrogens (tertiary/aromatic N) is 1. The number of carbonyl (C=O) groups is 2. The highest BCUT2D eigenvalue weighted by atomic mass is 16.6. The van der Waals surface area contributed by atoms with Crippen LogP contribution in [0.3, 0.4) is 0 Å². The minimum absolute atomic E-state index is 0.141. The van der Waals surface area contributed by atoms with Gasteiger partial charge in [0.1, 0.15) is 11.6 Å². The van der Waals surface area contributed by atoms with Gasteiger partial charge in [0.25, 0.3) is 0 Å². The first kappa shape index (κ1) is 14.5. The summed E-state index contributed by atoms with van der Waals surface area (Å²) in [6, 6.07) is -0.937. The molecule has 0 bridgehead atoms. The first-order chi connectivity index (χ1) is 7.19. The lowest BCUT2D eigenvalue weighted by Gasteiger charge is -2.28. The fourth-order valence-electron chi connectivity index (χ4n) is 0.984. The molecular formula is C11H19NO4. The van der Waals surface area contributed by atoms with Crippen LogP contribution in [0.5, 0.6) is 0 Å². The summed E-state index contributed by atoms with van der Waals surface area (Å²) in [6.07, 6.45) is 0.811. The molecule has 5 nitrogen and oxygen atoms in total. The van der Waals surface area contributed by atoms with Crippen molar-refractivity contribution in [1.82, 2.24) is 4.90 Å². The zero-order valence-electron chi connectivity index (χ0n) is 10.2. The topological polar surface area (TPSA) is 66.8 Å². The summed E-state index contributed by atoms with van der Waals surface area (Å²) < 4.78 is 5.10. The normalized spacial score (nSPS) is 12.8. The molecule has 0 aromatic rings. The van der Waals surface area contributed by atoms with E-state index in [2.05, 4.69) is 6.58 Å². The van der Waals surface area contributed by atoms with Crippen molar-refractivity contribution in [3.63, 3.8) is 0 Å². The van der Waals surface area contributed by atoms with Crippen molar-refractivity contribution in [1.29, 1.82) is 0 Å². The second-order valence-electron chi connectivity index (χ2n) is 4.44. The predicted octanol–water partition coefficient (Wildman–Crippen LogP) is 1.88. The molecule has 1 N–H and O–H groups in total. The Bertz CT molecular complexity index is 280. The molecule has 0 fully saturated rings. The Balaban J connectivity index is 4.71. The minimum Gasteiger partial charge on any atom is -0.480 e. The van der Waals surface area contributed by atoms with Gasteiger partial charge in [-0.05, 0) is 27.7 Å². The molecule has 0 rings (SSSR count). The lowest BCUT2D eigenvalue weighted by Crippen LogP contribution is -2.45. The molecule has 16 heavy (non-hydrogen) atoms. The average Bonchev–Trinajstić information content (AvgIpc) is 2.09. The van der Waals surface area contributed by atoms with E-state index >= 15 is 0 Å². The van der Waals surface area contributed by atoms with E-state index in [1.165, 1.54) is 13.0 Å². The van der Waals surface area contributed by atoms with Gasteiger partial charge in [-0.25, -0.2) is 9.59 Å². The second-order valence-corrected chi connectivity index (χ2v) is 4.44. The third-order valence-corrected chi connectivity index (χ3v) is 1.78. The molecule has 0 aliphatic heterocycles. The number of hydrogen-bond donors (Lipinski definition) is 1. The van der Waals surface area contributed by atoms with Crippen LogP contribution >= 0.6 is 0 Å². The molecule has 1 amide bonds. The Kier molecular flexibility index (Phi) is 5.01. The van der Waals surface area contributed by atoms with Gasteiger partial charge in [0.15, 0.2) is 0 Å². The molecule has 0 saturated heterocycles. The Morgan fingerprint density at radius 1 is 1.50 bits per heavy atom. The molecule has 0 aliphatic carbocycles. The van der Waals surface area contributed by atoms with Crippen LogP contribution in [0.25, 0.3) is 0 Å². The molecule has 5 heteroatoms. The van der Waals surface area contributed by atoms with Crippen LogP contribution in [0.4, 0.5) is 4.79 Å². The fourth-order valence-corrected chi connectivity index (χ4v) is 0.984. The minimum atomic E-state index is -1.08. The van der Waals surface area contributed by atoms with E-state index in [4.69, 9.17) is 9.84 Å². The van der Waals surface area contributed by atoms with Crippen LogP contribution in [0.2, 0.25) is 0 Å². The number of ether oxygens (including phenoxy) is 1. The molecule has 0 saturated carbocycles. The van der Waals surface area contributed by atoms with E-state index < -0.39 is 23.7 Å². The van der Waals surface area contributed by atoms with E-state index in [1.807, 2.05) is 0 Å². The van der Waals surface area contributed by atoms with Crippen LogP contribution in [0, 0.1) is 0 Å². The number of aliphatic carboxylic acids is 1. The molecule has 92 valence electrons. The molecule has 0 aromatic heterocycles. The Morgan fingerprint density at radius 2 is 2.00 bits per heavy atom. The van der Waals surface area contributed by atoms with Gasteiger partial charge in [0.2, 0.25) is 0 Å². The Hall–Kier alpha value is -1.52. The largest absolute Gasteiger partial charge is 0.480 e. The van der Waals surface area contributed by atoms with Gasteiger partial charge in [0.05, 0.1) is 0 Å². The summed E-state index contributed by atoms with van der Waals surface area (Å²) in [5.74, 6) is -1.08. The van der Waals surface area contributed by atoms with Gasteiger partial charge < -0.3 is 9.84 Å². The number of carboxylic acid groups (broad SMARTS) is 1. The summed E-state index contributed by atoms with van der Waals surface area (Å²) in [5, 5.41) is 8.84. The predicted molar refractivity (Wildman–Crippen MR) is 60.2 cm³/mol. The lowest BCUT2D eigenvalue weighted by atomic mass is 10.2. The highest BCUT2D eigenvalue weighted by molar-refractivity contribution is 5.79. The summed E-state index contributed by atoms with van der Waals surface area (Å²) in [6.45, 7) is 10.2. The van der Waals surface area contributed by atoms with Gasteiger partial charge in [-0.1, -0.05) is 6.08 Å². The third kappa shape index (κ3) is 4.82. The van der Waals surface area contributed by atoms with Crippen molar-refractivity contribution < 1.29 is 19.4 Å². The Morgan fingerprint density at radius 3 is 2.31 bits per heavy atom. The first-order valence-electron chi connectivity index (χ1n) is 5.02. The fraction of sp³-hybridized carbons (Fsp3) is 0.636. The summed E-state index contributed by atoms with van der Waals surface area (Å²) in [4.78, 5) is 23.6. The number of carboxylic acids is 1. The van der Waals surface area contributed by atoms with E-state index in [-0.39, 0.29) is 6.54 Å². The van der Waals surface area contributed by atoms with Crippen LogP contribution in [0.1, 0.15) is 27.7 Å². The monoisotopic (exact) mass is 229 g/mol. The smallest absolute Gasteiger partial charge is 0.411 e. The van der Waals surface area contributed by atoms with Crippen LogP contribution in [0.15, 0.2) is 12.7 Å². The maximum Gasteiger partial charge on any atom is 0.411 e. The highest BCUT2D eigenvalue weighted by Gasteiger charge is 2.28. The van der Waals surface area contributed by atoms with Crippen molar-refractivity contribution in [3.8, 4) is 0 Å². The Labute approximate surface area is 95.7 Å². The van der Waals surface area contributed by atoms with Crippen molar-refractivity contribution >= 4 is 12.1 Å². The number of rotatable bonds is 4.